The SMILES string of the molecule is CCC([C]=O)NC(=O)CO. The van der Waals surface area contributed by atoms with Gasteiger partial charge in [-0.2, -0.15) is 0 Å². The lowest BCUT2D eigenvalue weighted by atomic mass is 10.2. The summed E-state index contributed by atoms with van der Waals surface area (Å²) >= 11 is 0. The molecule has 0 saturated heterocycles. The lowest BCUT2D eigenvalue weighted by molar-refractivity contribution is -0.124. The van der Waals surface area contributed by atoms with Crippen molar-refractivity contribution in [3.63, 3.8) is 0 Å². The van der Waals surface area contributed by atoms with E-state index in [1.807, 2.05) is 0 Å². The van der Waals surface area contributed by atoms with Crippen LogP contribution in [-0.2, 0) is 9.59 Å². The molecule has 0 bridgehead atoms. The average molecular weight is 144 g/mol. The zero-order valence-electron chi connectivity index (χ0n) is 5.76. The largest absolute Gasteiger partial charge is 0.387 e. The second-order valence-electron chi connectivity index (χ2n) is 1.80. The normalized spacial score (nSPS) is 12.2. The first-order chi connectivity index (χ1) is 4.74. The fourth-order valence-electron chi connectivity index (χ4n) is 0.455. The highest BCUT2D eigenvalue weighted by atomic mass is 16.3. The van der Waals surface area contributed by atoms with Crippen LogP contribution in [0, 0.1) is 0 Å². The van der Waals surface area contributed by atoms with Crippen LogP contribution in [0.4, 0.5) is 0 Å². The van der Waals surface area contributed by atoms with E-state index in [-0.39, 0.29) is 0 Å². The van der Waals surface area contributed by atoms with Crippen molar-refractivity contribution in [1.29, 1.82) is 0 Å². The lowest BCUT2D eigenvalue weighted by Crippen LogP contribution is -2.37. The van der Waals surface area contributed by atoms with E-state index in [2.05, 4.69) is 5.32 Å². The van der Waals surface area contributed by atoms with Crippen molar-refractivity contribution in [3.8, 4) is 0 Å². The Morgan fingerprint density at radius 3 is 2.70 bits per heavy atom. The molecule has 0 aliphatic rings. The Morgan fingerprint density at radius 2 is 2.40 bits per heavy atom. The van der Waals surface area contributed by atoms with Gasteiger partial charge in [-0.25, -0.2) is 0 Å². The molecule has 4 nitrogen and oxygen atoms in total. The Labute approximate surface area is 59.2 Å². The Morgan fingerprint density at radius 1 is 1.80 bits per heavy atom. The van der Waals surface area contributed by atoms with Gasteiger partial charge in [-0.05, 0) is 6.42 Å². The van der Waals surface area contributed by atoms with Crippen LogP contribution in [0.2, 0.25) is 0 Å². The molecule has 0 rings (SSSR count). The van der Waals surface area contributed by atoms with E-state index in [1.54, 1.807) is 13.2 Å². The Kier molecular flexibility index (Phi) is 4.49. The number of rotatable bonds is 4. The highest BCUT2D eigenvalue weighted by molar-refractivity contribution is 5.80. The zero-order valence-corrected chi connectivity index (χ0v) is 5.76. The molecule has 0 aromatic heterocycles. The molecule has 1 atom stereocenters. The molecule has 0 spiro atoms. The highest BCUT2D eigenvalue weighted by Crippen LogP contribution is 1.84. The van der Waals surface area contributed by atoms with Crippen molar-refractivity contribution in [2.75, 3.05) is 6.61 Å². The molecule has 1 radical (unpaired) electrons. The maximum atomic E-state index is 10.4. The summed E-state index contributed by atoms with van der Waals surface area (Å²) in [6.45, 7) is 1.16. The number of aliphatic hydroxyl groups is 1. The fourth-order valence-corrected chi connectivity index (χ4v) is 0.455. The molecule has 0 saturated carbocycles. The van der Waals surface area contributed by atoms with Crippen molar-refractivity contribution >= 4 is 12.2 Å². The number of carbonyl (C=O) groups is 1. The van der Waals surface area contributed by atoms with Crippen molar-refractivity contribution in [2.45, 2.75) is 19.4 Å². The van der Waals surface area contributed by atoms with Crippen LogP contribution in [0.3, 0.4) is 0 Å². The summed E-state index contributed by atoms with van der Waals surface area (Å²) in [7, 11) is 0. The number of hydrogen-bond acceptors (Lipinski definition) is 3. The molecule has 0 aromatic carbocycles. The van der Waals surface area contributed by atoms with Crippen LogP contribution < -0.4 is 5.32 Å². The van der Waals surface area contributed by atoms with E-state index in [4.69, 9.17) is 5.11 Å². The van der Waals surface area contributed by atoms with Crippen LogP contribution in [0.5, 0.6) is 0 Å². The second-order valence-corrected chi connectivity index (χ2v) is 1.80. The van der Waals surface area contributed by atoms with Crippen LogP contribution >= 0.6 is 0 Å². The van der Waals surface area contributed by atoms with Gasteiger partial charge in [0.2, 0.25) is 12.2 Å². The van der Waals surface area contributed by atoms with Crippen molar-refractivity contribution in [1.82, 2.24) is 5.32 Å². The third-order valence-electron chi connectivity index (χ3n) is 1.03. The van der Waals surface area contributed by atoms with Crippen molar-refractivity contribution < 1.29 is 14.7 Å². The second kappa shape index (κ2) is 4.93. The maximum Gasteiger partial charge on any atom is 0.246 e. The third kappa shape index (κ3) is 3.19. The van der Waals surface area contributed by atoms with Gasteiger partial charge in [0.25, 0.3) is 0 Å². The van der Waals surface area contributed by atoms with E-state index in [0.29, 0.717) is 6.42 Å². The topological polar surface area (TPSA) is 66.4 Å². The highest BCUT2D eigenvalue weighted by Gasteiger charge is 2.07. The molecule has 10 heavy (non-hydrogen) atoms. The standard InChI is InChI=1S/C6H10NO3/c1-2-5(3-8)7-6(10)4-9/h5,9H,2,4H2,1H3,(H,7,10). The van der Waals surface area contributed by atoms with Gasteiger partial charge in [0, 0.05) is 0 Å². The molecular formula is C6H10NO3. The summed E-state index contributed by atoms with van der Waals surface area (Å²) in [5.41, 5.74) is 0. The van der Waals surface area contributed by atoms with E-state index < -0.39 is 18.6 Å². The van der Waals surface area contributed by atoms with E-state index in [1.165, 1.54) is 0 Å². The molecule has 1 unspecified atom stereocenters. The molecule has 0 heterocycles. The first-order valence-electron chi connectivity index (χ1n) is 3.02. The predicted octanol–water partition coefficient (Wildman–Crippen LogP) is -1.02. The van der Waals surface area contributed by atoms with Gasteiger partial charge >= 0.3 is 0 Å². The number of hydrogen-bond donors (Lipinski definition) is 2. The summed E-state index contributed by atoms with van der Waals surface area (Å²) in [6, 6.07) is -0.584. The van der Waals surface area contributed by atoms with Gasteiger partial charge in [-0.1, -0.05) is 6.92 Å². The zero-order chi connectivity index (χ0) is 7.98. The molecule has 1 amide bonds. The first-order valence-corrected chi connectivity index (χ1v) is 3.02. The van der Waals surface area contributed by atoms with Crippen LogP contribution in [0.15, 0.2) is 0 Å². The minimum atomic E-state index is -0.585. The molecule has 0 fully saturated rings. The van der Waals surface area contributed by atoms with Crippen molar-refractivity contribution in [2.24, 2.45) is 0 Å². The lowest BCUT2D eigenvalue weighted by Gasteiger charge is -2.06. The molecular weight excluding hydrogens is 134 g/mol. The molecule has 2 N–H and O–H groups in total. The summed E-state index contributed by atoms with van der Waals surface area (Å²) in [4.78, 5) is 20.4. The van der Waals surface area contributed by atoms with Gasteiger partial charge in [0.1, 0.15) is 6.61 Å². The monoisotopic (exact) mass is 144 g/mol. The van der Waals surface area contributed by atoms with E-state index in [0.717, 1.165) is 0 Å². The molecule has 4 heteroatoms. The summed E-state index contributed by atoms with van der Waals surface area (Å²) in [5.74, 6) is -0.546. The Hall–Kier alpha value is -0.900. The van der Waals surface area contributed by atoms with Gasteiger partial charge in [-0.15, -0.1) is 0 Å². The van der Waals surface area contributed by atoms with E-state index >= 15 is 0 Å². The number of amides is 1. The fraction of sp³-hybridized carbons (Fsp3) is 0.667. The number of carbonyl (C=O) groups excluding carboxylic acids is 2. The predicted molar refractivity (Wildman–Crippen MR) is 35.0 cm³/mol. The third-order valence-corrected chi connectivity index (χ3v) is 1.03. The smallest absolute Gasteiger partial charge is 0.246 e. The van der Waals surface area contributed by atoms with Gasteiger partial charge in [-0.3, -0.25) is 9.59 Å². The quantitative estimate of drug-likeness (QED) is 0.531. The maximum absolute atomic E-state index is 10.4. The number of nitrogens with one attached hydrogen (secondary N) is 1. The van der Waals surface area contributed by atoms with E-state index in [9.17, 15) is 9.59 Å². The van der Waals surface area contributed by atoms with Gasteiger partial charge in [0.05, 0.1) is 6.04 Å². The molecule has 0 aliphatic carbocycles. The minimum Gasteiger partial charge on any atom is -0.387 e. The van der Waals surface area contributed by atoms with Crippen LogP contribution in [0.1, 0.15) is 13.3 Å². The Balaban J connectivity index is 3.62. The summed E-state index contributed by atoms with van der Waals surface area (Å²) < 4.78 is 0. The molecule has 0 aromatic rings. The molecule has 57 valence electrons. The summed E-state index contributed by atoms with van der Waals surface area (Å²) in [6.07, 6.45) is 2.12. The van der Waals surface area contributed by atoms with Crippen molar-refractivity contribution in [3.05, 3.63) is 0 Å². The average Bonchev–Trinajstić information content (AvgIpc) is 1.99. The Bertz CT molecular complexity index is 124. The number of aliphatic hydroxyl groups excluding tert-OH is 1. The van der Waals surface area contributed by atoms with Gasteiger partial charge in [0.15, 0.2) is 0 Å². The summed E-state index contributed by atoms with van der Waals surface area (Å²) in [5, 5.41) is 10.5. The van der Waals surface area contributed by atoms with Gasteiger partial charge < -0.3 is 10.4 Å². The van der Waals surface area contributed by atoms with Crippen LogP contribution in [-0.4, -0.2) is 29.9 Å². The molecule has 0 aliphatic heterocycles. The van der Waals surface area contributed by atoms with Crippen LogP contribution in [0.25, 0.3) is 0 Å². The first kappa shape index (κ1) is 9.10. The minimum absolute atomic E-state index is 0.495.